The Morgan fingerprint density at radius 3 is 2.42 bits per heavy atom. The molecule has 0 radical (unpaired) electrons. The van der Waals surface area contributed by atoms with Gasteiger partial charge >= 0.3 is 5.97 Å². The second-order valence-electron chi connectivity index (χ2n) is 5.85. The number of ether oxygens (including phenoxy) is 1. The molecule has 1 rings (SSSR count). The van der Waals surface area contributed by atoms with Crippen LogP contribution in [-0.2, 0) is 14.3 Å². The van der Waals surface area contributed by atoms with Gasteiger partial charge in [-0.1, -0.05) is 20.8 Å². The average molecular weight is 270 g/mol. The monoisotopic (exact) mass is 270 g/mol. The van der Waals surface area contributed by atoms with Crippen molar-refractivity contribution in [1.29, 1.82) is 0 Å². The number of nitrogens with zero attached hydrogens (tertiary/aromatic N) is 1. The minimum Gasteiger partial charge on any atom is -0.469 e. The number of nitrogens with one attached hydrogen (secondary N) is 1. The lowest BCUT2D eigenvalue weighted by molar-refractivity contribution is -0.148. The summed E-state index contributed by atoms with van der Waals surface area (Å²) in [6, 6.07) is 0. The molecule has 2 atom stereocenters. The first-order valence-electron chi connectivity index (χ1n) is 6.89. The number of rotatable bonds is 5. The largest absolute Gasteiger partial charge is 0.469 e. The van der Waals surface area contributed by atoms with E-state index in [1.165, 1.54) is 7.11 Å². The summed E-state index contributed by atoms with van der Waals surface area (Å²) in [4.78, 5) is 25.8. The summed E-state index contributed by atoms with van der Waals surface area (Å²) in [5.74, 6) is -0.158. The first-order valence-corrected chi connectivity index (χ1v) is 6.89. The maximum Gasteiger partial charge on any atom is 0.310 e. The second kappa shape index (κ2) is 6.37. The van der Waals surface area contributed by atoms with Crippen LogP contribution in [0, 0.1) is 17.3 Å². The molecule has 110 valence electrons. The predicted molar refractivity (Wildman–Crippen MR) is 73.6 cm³/mol. The van der Waals surface area contributed by atoms with Crippen LogP contribution in [0.15, 0.2) is 0 Å². The van der Waals surface area contributed by atoms with E-state index in [-0.39, 0.29) is 29.1 Å². The van der Waals surface area contributed by atoms with Gasteiger partial charge in [-0.15, -0.1) is 0 Å². The highest BCUT2D eigenvalue weighted by Gasteiger charge is 2.45. The third-order valence-corrected chi connectivity index (χ3v) is 4.22. The molecule has 1 amide bonds. The number of hydrogen-bond acceptors (Lipinski definition) is 4. The number of carbonyl (C=O) groups is 2. The predicted octanol–water partition coefficient (Wildman–Crippen LogP) is 0.890. The summed E-state index contributed by atoms with van der Waals surface area (Å²) >= 11 is 0. The van der Waals surface area contributed by atoms with E-state index in [0.29, 0.717) is 6.54 Å². The van der Waals surface area contributed by atoms with Crippen molar-refractivity contribution in [3.05, 3.63) is 0 Å². The van der Waals surface area contributed by atoms with Gasteiger partial charge in [0.15, 0.2) is 0 Å². The number of amides is 1. The molecule has 0 aromatic carbocycles. The lowest BCUT2D eigenvalue weighted by Gasteiger charge is -2.35. The maximum atomic E-state index is 12.7. The van der Waals surface area contributed by atoms with Crippen molar-refractivity contribution in [2.75, 3.05) is 33.8 Å². The van der Waals surface area contributed by atoms with Crippen LogP contribution in [0.2, 0.25) is 0 Å². The topological polar surface area (TPSA) is 58.6 Å². The van der Waals surface area contributed by atoms with E-state index in [1.54, 1.807) is 18.9 Å². The summed E-state index contributed by atoms with van der Waals surface area (Å²) in [5.41, 5.74) is -0.329. The van der Waals surface area contributed by atoms with Gasteiger partial charge in [-0.2, -0.15) is 0 Å². The molecule has 1 aliphatic rings. The molecule has 2 unspecified atom stereocenters. The van der Waals surface area contributed by atoms with Gasteiger partial charge in [-0.25, -0.2) is 0 Å². The third-order valence-electron chi connectivity index (χ3n) is 4.22. The minimum atomic E-state index is -0.329. The Bertz CT molecular complexity index is 336. The molecule has 0 bridgehead atoms. The Morgan fingerprint density at radius 1 is 1.37 bits per heavy atom. The van der Waals surface area contributed by atoms with Crippen LogP contribution in [-0.4, -0.2) is 50.6 Å². The fourth-order valence-corrected chi connectivity index (χ4v) is 2.78. The summed E-state index contributed by atoms with van der Waals surface area (Å²) < 4.78 is 4.70. The Morgan fingerprint density at radius 2 is 2.00 bits per heavy atom. The van der Waals surface area contributed by atoms with Crippen LogP contribution in [0.5, 0.6) is 0 Å². The van der Waals surface area contributed by atoms with Crippen molar-refractivity contribution in [3.8, 4) is 0 Å². The molecule has 1 heterocycles. The average Bonchev–Trinajstić information content (AvgIpc) is 2.87. The maximum absolute atomic E-state index is 12.7. The highest BCUT2D eigenvalue weighted by molar-refractivity contribution is 5.84. The molecular weight excluding hydrogens is 244 g/mol. The quantitative estimate of drug-likeness (QED) is 0.754. The normalized spacial score (nSPS) is 24.3. The van der Waals surface area contributed by atoms with Crippen LogP contribution in [0.1, 0.15) is 27.2 Å². The molecule has 1 saturated heterocycles. The van der Waals surface area contributed by atoms with E-state index in [4.69, 9.17) is 4.74 Å². The lowest BCUT2D eigenvalue weighted by atomic mass is 9.75. The third kappa shape index (κ3) is 3.26. The van der Waals surface area contributed by atoms with Crippen molar-refractivity contribution in [2.24, 2.45) is 17.3 Å². The summed E-state index contributed by atoms with van der Waals surface area (Å²) in [6.07, 6.45) is 0.862. The molecule has 0 spiro atoms. The van der Waals surface area contributed by atoms with Gasteiger partial charge in [0.2, 0.25) is 5.91 Å². The van der Waals surface area contributed by atoms with Crippen LogP contribution in [0.25, 0.3) is 0 Å². The van der Waals surface area contributed by atoms with Crippen molar-refractivity contribution < 1.29 is 14.3 Å². The van der Waals surface area contributed by atoms with Crippen LogP contribution in [0.3, 0.4) is 0 Å². The van der Waals surface area contributed by atoms with E-state index in [0.717, 1.165) is 19.5 Å². The van der Waals surface area contributed by atoms with Gasteiger partial charge in [-0.05, 0) is 18.9 Å². The van der Waals surface area contributed by atoms with Crippen molar-refractivity contribution in [2.45, 2.75) is 27.2 Å². The summed E-state index contributed by atoms with van der Waals surface area (Å²) in [6.45, 7) is 7.96. The summed E-state index contributed by atoms with van der Waals surface area (Å²) in [5, 5.41) is 3.28. The van der Waals surface area contributed by atoms with Gasteiger partial charge in [0.25, 0.3) is 0 Å². The van der Waals surface area contributed by atoms with Gasteiger partial charge in [0.1, 0.15) is 0 Å². The smallest absolute Gasteiger partial charge is 0.310 e. The second-order valence-corrected chi connectivity index (χ2v) is 5.85. The zero-order chi connectivity index (χ0) is 14.6. The van der Waals surface area contributed by atoms with Gasteiger partial charge in [0.05, 0.1) is 18.4 Å². The Labute approximate surface area is 115 Å². The molecule has 5 heteroatoms. The van der Waals surface area contributed by atoms with E-state index in [2.05, 4.69) is 19.2 Å². The first-order chi connectivity index (χ1) is 8.85. The molecule has 0 aromatic heterocycles. The number of methoxy groups -OCH3 is 1. The van der Waals surface area contributed by atoms with Gasteiger partial charge in [-0.3, -0.25) is 9.59 Å². The molecule has 0 aliphatic carbocycles. The highest BCUT2D eigenvalue weighted by Crippen LogP contribution is 2.36. The molecule has 5 nitrogen and oxygen atoms in total. The van der Waals surface area contributed by atoms with Crippen LogP contribution < -0.4 is 5.32 Å². The van der Waals surface area contributed by atoms with Crippen LogP contribution >= 0.6 is 0 Å². The highest BCUT2D eigenvalue weighted by atomic mass is 16.5. The first kappa shape index (κ1) is 16.0. The zero-order valence-corrected chi connectivity index (χ0v) is 12.7. The molecule has 1 fully saturated rings. The zero-order valence-electron chi connectivity index (χ0n) is 12.7. The SMILES string of the molecule is COC(=O)C(C)CN(C)C(=O)C1(C(C)C)CCNC1. The molecule has 0 aromatic rings. The van der Waals surface area contributed by atoms with Crippen molar-refractivity contribution >= 4 is 11.9 Å². The lowest BCUT2D eigenvalue weighted by Crippen LogP contribution is -2.48. The number of esters is 1. The Hall–Kier alpha value is -1.10. The molecule has 1 N–H and O–H groups in total. The van der Waals surface area contributed by atoms with E-state index < -0.39 is 0 Å². The van der Waals surface area contributed by atoms with Crippen LogP contribution in [0.4, 0.5) is 0 Å². The number of hydrogen-bond donors (Lipinski definition) is 1. The summed E-state index contributed by atoms with van der Waals surface area (Å²) in [7, 11) is 3.14. The van der Waals surface area contributed by atoms with Gasteiger partial charge in [0, 0.05) is 20.1 Å². The Kier molecular flexibility index (Phi) is 5.35. The molecular formula is C14H26N2O3. The fourth-order valence-electron chi connectivity index (χ4n) is 2.78. The molecule has 19 heavy (non-hydrogen) atoms. The van der Waals surface area contributed by atoms with Crippen molar-refractivity contribution in [3.63, 3.8) is 0 Å². The van der Waals surface area contributed by atoms with E-state index in [9.17, 15) is 9.59 Å². The standard InChI is InChI=1S/C14H26N2O3/c1-10(2)14(6-7-15-9-14)13(18)16(4)8-11(3)12(17)19-5/h10-11,15H,6-9H2,1-5H3. The van der Waals surface area contributed by atoms with E-state index in [1.807, 2.05) is 0 Å². The molecule has 1 aliphatic heterocycles. The molecule has 0 saturated carbocycles. The fraction of sp³-hybridized carbons (Fsp3) is 0.857. The Balaban J connectivity index is 2.72. The van der Waals surface area contributed by atoms with E-state index >= 15 is 0 Å². The minimum absolute atomic E-state index is 0.128. The van der Waals surface area contributed by atoms with Gasteiger partial charge < -0.3 is 15.0 Å². The van der Waals surface area contributed by atoms with Crippen molar-refractivity contribution in [1.82, 2.24) is 10.2 Å². The number of carbonyl (C=O) groups excluding carboxylic acids is 2.